The van der Waals surface area contributed by atoms with Crippen LogP contribution in [-0.4, -0.2) is 15.0 Å². The highest BCUT2D eigenvalue weighted by Crippen LogP contribution is 2.28. The molecule has 2 aliphatic heterocycles. The highest BCUT2D eigenvalue weighted by molar-refractivity contribution is 5.81. The lowest BCUT2D eigenvalue weighted by atomic mass is 10.0. The van der Waals surface area contributed by atoms with Gasteiger partial charge in [-0.3, -0.25) is 4.98 Å². The molecule has 0 amide bonds. The molecule has 0 saturated carbocycles. The van der Waals surface area contributed by atoms with E-state index < -0.39 is 5.69 Å². The van der Waals surface area contributed by atoms with Gasteiger partial charge in [-0.2, -0.15) is 4.98 Å². The number of benzene rings is 2. The molecule has 2 heterocycles. The van der Waals surface area contributed by atoms with Crippen LogP contribution in [0.5, 0.6) is 0 Å². The molecule has 2 aromatic carbocycles. The monoisotopic (exact) mass is 281 g/mol. The first-order valence-electron chi connectivity index (χ1n) is 6.26. The van der Waals surface area contributed by atoms with Gasteiger partial charge in [-0.1, -0.05) is 24.3 Å². The number of nitrogens with one attached hydrogen (secondary N) is 1. The first kappa shape index (κ1) is 11.8. The third-order valence-corrected chi connectivity index (χ3v) is 3.21. The summed E-state index contributed by atoms with van der Waals surface area (Å²) in [6.45, 7) is 0. The summed E-state index contributed by atoms with van der Waals surface area (Å²) in [5, 5.41) is 0. The molecule has 0 saturated heterocycles. The zero-order valence-corrected chi connectivity index (χ0v) is 10.6. The number of nitrogens with zero attached hydrogens (tertiary/aromatic N) is 2. The molecule has 2 aromatic rings. The van der Waals surface area contributed by atoms with Gasteiger partial charge in [0, 0.05) is 5.56 Å². The Labute approximate surface area is 117 Å². The van der Waals surface area contributed by atoms with Gasteiger partial charge in [-0.05, 0) is 23.8 Å². The minimum atomic E-state index is -0.508. The first-order chi connectivity index (χ1) is 10.2. The van der Waals surface area contributed by atoms with Crippen molar-refractivity contribution in [3.8, 4) is 22.8 Å². The SMILES string of the molecule is O=c1nc2oc3cc(-c4ccccc4F)ccc3nc-2[nH]1. The lowest BCUT2D eigenvalue weighted by Gasteiger charge is -2.05. The summed E-state index contributed by atoms with van der Waals surface area (Å²) in [4.78, 5) is 21.6. The summed E-state index contributed by atoms with van der Waals surface area (Å²) in [6, 6.07) is 11.6. The summed E-state index contributed by atoms with van der Waals surface area (Å²) in [5.74, 6) is 0.122. The highest BCUT2D eigenvalue weighted by atomic mass is 19.1. The molecule has 4 rings (SSSR count). The predicted octanol–water partition coefficient (Wildman–Crippen LogP) is 2.82. The van der Waals surface area contributed by atoms with E-state index in [1.807, 2.05) is 0 Å². The molecule has 0 aromatic heterocycles. The van der Waals surface area contributed by atoms with Crippen molar-refractivity contribution >= 4 is 11.1 Å². The largest absolute Gasteiger partial charge is 0.433 e. The van der Waals surface area contributed by atoms with Crippen LogP contribution in [0.1, 0.15) is 0 Å². The third kappa shape index (κ3) is 1.88. The van der Waals surface area contributed by atoms with Gasteiger partial charge >= 0.3 is 5.69 Å². The maximum atomic E-state index is 13.8. The minimum Gasteiger partial charge on any atom is -0.433 e. The van der Waals surface area contributed by atoms with Gasteiger partial charge in [-0.15, -0.1) is 0 Å². The van der Waals surface area contributed by atoms with E-state index in [2.05, 4.69) is 15.0 Å². The number of imidazole rings is 1. The summed E-state index contributed by atoms with van der Waals surface area (Å²) >= 11 is 0. The van der Waals surface area contributed by atoms with Crippen LogP contribution in [0.4, 0.5) is 4.39 Å². The molecule has 0 unspecified atom stereocenters. The van der Waals surface area contributed by atoms with Crippen LogP contribution in [0.25, 0.3) is 33.9 Å². The van der Waals surface area contributed by atoms with Crippen LogP contribution in [-0.2, 0) is 0 Å². The van der Waals surface area contributed by atoms with Crippen molar-refractivity contribution in [2.45, 2.75) is 0 Å². The molecule has 0 spiro atoms. The molecule has 1 N–H and O–H groups in total. The number of hydrogen-bond acceptors (Lipinski definition) is 4. The van der Waals surface area contributed by atoms with Crippen molar-refractivity contribution in [3.05, 3.63) is 58.8 Å². The average Bonchev–Trinajstić information content (AvgIpc) is 2.83. The molecule has 0 aliphatic carbocycles. The number of rotatable bonds is 1. The van der Waals surface area contributed by atoms with Crippen molar-refractivity contribution in [1.82, 2.24) is 15.0 Å². The number of aromatic nitrogens is 3. The van der Waals surface area contributed by atoms with Crippen LogP contribution in [0, 0.1) is 5.82 Å². The third-order valence-electron chi connectivity index (χ3n) is 3.21. The maximum Gasteiger partial charge on any atom is 0.350 e. The summed E-state index contributed by atoms with van der Waals surface area (Å²) < 4.78 is 19.4. The summed E-state index contributed by atoms with van der Waals surface area (Å²) in [6.07, 6.45) is 0. The number of aromatic amines is 1. The molecule has 102 valence electrons. The Bertz CT molecular complexity index is 990. The van der Waals surface area contributed by atoms with Crippen molar-refractivity contribution in [1.29, 1.82) is 0 Å². The molecule has 0 fully saturated rings. The fraction of sp³-hybridized carbons (Fsp3) is 0. The first-order valence-corrected chi connectivity index (χ1v) is 6.26. The molecular formula is C15H8FN3O2. The zero-order chi connectivity index (χ0) is 14.4. The van der Waals surface area contributed by atoms with Crippen molar-refractivity contribution in [3.63, 3.8) is 0 Å². The highest BCUT2D eigenvalue weighted by Gasteiger charge is 2.14. The van der Waals surface area contributed by atoms with Gasteiger partial charge in [0.1, 0.15) is 11.3 Å². The quantitative estimate of drug-likeness (QED) is 0.582. The molecule has 2 aliphatic rings. The molecule has 21 heavy (non-hydrogen) atoms. The normalized spacial score (nSPS) is 11.3. The topological polar surface area (TPSA) is 71.8 Å². The number of fused-ring (bicyclic) bond motifs is 2. The Morgan fingerprint density at radius 3 is 2.81 bits per heavy atom. The van der Waals surface area contributed by atoms with Gasteiger partial charge in [0.25, 0.3) is 5.89 Å². The fourth-order valence-electron chi connectivity index (χ4n) is 2.25. The van der Waals surface area contributed by atoms with E-state index in [9.17, 15) is 9.18 Å². The van der Waals surface area contributed by atoms with Gasteiger partial charge in [0.2, 0.25) is 0 Å². The minimum absolute atomic E-state index is 0.137. The van der Waals surface area contributed by atoms with E-state index in [4.69, 9.17) is 4.42 Å². The van der Waals surface area contributed by atoms with E-state index in [1.165, 1.54) is 6.07 Å². The molecule has 5 nitrogen and oxygen atoms in total. The predicted molar refractivity (Wildman–Crippen MR) is 74.4 cm³/mol. The van der Waals surface area contributed by atoms with Gasteiger partial charge in [-0.25, -0.2) is 14.2 Å². The van der Waals surface area contributed by atoms with E-state index in [0.717, 1.165) is 0 Å². The lowest BCUT2D eigenvalue weighted by Crippen LogP contribution is -1.98. The number of halogens is 1. The van der Waals surface area contributed by atoms with E-state index in [-0.39, 0.29) is 11.7 Å². The second kappa shape index (κ2) is 4.24. The summed E-state index contributed by atoms with van der Waals surface area (Å²) in [5.41, 5.74) is 1.64. The summed E-state index contributed by atoms with van der Waals surface area (Å²) in [7, 11) is 0. The van der Waals surface area contributed by atoms with E-state index in [1.54, 1.807) is 36.4 Å². The van der Waals surface area contributed by atoms with E-state index in [0.29, 0.717) is 28.1 Å². The van der Waals surface area contributed by atoms with Crippen LogP contribution in [0.2, 0.25) is 0 Å². The Balaban J connectivity index is 1.98. The van der Waals surface area contributed by atoms with Crippen LogP contribution >= 0.6 is 0 Å². The molecule has 6 heteroatoms. The molecular weight excluding hydrogens is 273 g/mol. The number of H-pyrrole nitrogens is 1. The van der Waals surface area contributed by atoms with Crippen molar-refractivity contribution in [2.24, 2.45) is 0 Å². The van der Waals surface area contributed by atoms with Crippen LogP contribution in [0.3, 0.4) is 0 Å². The Hall–Kier alpha value is -3.02. The maximum absolute atomic E-state index is 13.8. The van der Waals surface area contributed by atoms with Gasteiger partial charge in [0.05, 0.1) is 0 Å². The average molecular weight is 281 g/mol. The molecule has 0 atom stereocenters. The second-order valence-corrected chi connectivity index (χ2v) is 4.57. The Kier molecular flexibility index (Phi) is 2.38. The van der Waals surface area contributed by atoms with Gasteiger partial charge < -0.3 is 4.42 Å². The zero-order valence-electron chi connectivity index (χ0n) is 10.6. The van der Waals surface area contributed by atoms with Gasteiger partial charge in [0.15, 0.2) is 11.4 Å². The van der Waals surface area contributed by atoms with Crippen LogP contribution in [0.15, 0.2) is 51.7 Å². The van der Waals surface area contributed by atoms with Crippen molar-refractivity contribution in [2.75, 3.05) is 0 Å². The van der Waals surface area contributed by atoms with E-state index >= 15 is 0 Å². The Morgan fingerprint density at radius 1 is 1.10 bits per heavy atom. The Morgan fingerprint density at radius 2 is 1.95 bits per heavy atom. The lowest BCUT2D eigenvalue weighted by molar-refractivity contribution is 0.595. The second-order valence-electron chi connectivity index (χ2n) is 4.57. The standard InChI is InChI=1S/C15H8FN3O2/c16-10-4-2-1-3-9(10)8-5-6-11-12(7-8)21-14-13(17-11)18-15(20)19-14/h1-7H,(H,17,18,20). The molecule has 0 radical (unpaired) electrons. The van der Waals surface area contributed by atoms with Crippen LogP contribution < -0.4 is 5.69 Å². The fourth-order valence-corrected chi connectivity index (χ4v) is 2.25. The van der Waals surface area contributed by atoms with Crippen molar-refractivity contribution < 1.29 is 8.81 Å². The molecule has 0 bridgehead atoms. The number of hydrogen-bond donors (Lipinski definition) is 1. The smallest absolute Gasteiger partial charge is 0.350 e.